The lowest BCUT2D eigenvalue weighted by Crippen LogP contribution is -2.45. The summed E-state index contributed by atoms with van der Waals surface area (Å²) in [4.78, 5) is 6.54. The Labute approximate surface area is 92.7 Å². The zero-order chi connectivity index (χ0) is 10.7. The van der Waals surface area contributed by atoms with E-state index in [1.807, 2.05) is 6.92 Å². The van der Waals surface area contributed by atoms with Gasteiger partial charge in [-0.15, -0.1) is 0 Å². The molecule has 0 atom stereocenters. The monoisotopic (exact) mass is 209 g/mol. The number of rotatable bonds is 1. The molecule has 2 N–H and O–H groups in total. The van der Waals surface area contributed by atoms with E-state index in [-0.39, 0.29) is 0 Å². The van der Waals surface area contributed by atoms with E-state index in [9.17, 15) is 0 Å². The van der Waals surface area contributed by atoms with Crippen molar-refractivity contribution in [2.45, 2.75) is 45.4 Å². The number of nitrogens with two attached hydrogens (primary N) is 1. The van der Waals surface area contributed by atoms with Crippen molar-refractivity contribution in [3.8, 4) is 0 Å². The average molecular weight is 209 g/mol. The first-order valence-corrected chi connectivity index (χ1v) is 6.31. The van der Waals surface area contributed by atoms with Gasteiger partial charge in [0.15, 0.2) is 5.96 Å². The van der Waals surface area contributed by atoms with Crippen molar-refractivity contribution < 1.29 is 0 Å². The van der Waals surface area contributed by atoms with Crippen LogP contribution in [0.3, 0.4) is 0 Å². The third kappa shape index (κ3) is 2.27. The van der Waals surface area contributed by atoms with E-state index in [4.69, 9.17) is 5.73 Å². The van der Waals surface area contributed by atoms with Crippen LogP contribution in [0.15, 0.2) is 4.99 Å². The standard InChI is InChI=1S/C12H23N3/c1-2-14-11(13)15-9-7-12(8-10-15)5-3-4-6-12/h2-10H2,1H3,(H2,13,14). The fraction of sp³-hybridized carbons (Fsp3) is 0.917. The molecule has 0 amide bonds. The van der Waals surface area contributed by atoms with Gasteiger partial charge in [0.05, 0.1) is 0 Å². The molecule has 3 nitrogen and oxygen atoms in total. The third-order valence-corrected chi connectivity index (χ3v) is 4.13. The molecule has 1 saturated carbocycles. The molecule has 0 radical (unpaired) electrons. The lowest BCUT2D eigenvalue weighted by atomic mass is 9.77. The second-order valence-corrected chi connectivity index (χ2v) is 5.03. The summed E-state index contributed by atoms with van der Waals surface area (Å²) >= 11 is 0. The summed E-state index contributed by atoms with van der Waals surface area (Å²) in [6, 6.07) is 0. The van der Waals surface area contributed by atoms with Gasteiger partial charge in [-0.25, -0.2) is 0 Å². The number of piperidine rings is 1. The van der Waals surface area contributed by atoms with E-state index in [0.717, 1.165) is 25.6 Å². The molecule has 0 aromatic carbocycles. The van der Waals surface area contributed by atoms with E-state index in [1.165, 1.54) is 38.5 Å². The van der Waals surface area contributed by atoms with Gasteiger partial charge in [-0.2, -0.15) is 0 Å². The second-order valence-electron chi connectivity index (χ2n) is 5.03. The van der Waals surface area contributed by atoms with Crippen LogP contribution in [-0.2, 0) is 0 Å². The van der Waals surface area contributed by atoms with E-state index in [1.54, 1.807) is 0 Å². The lowest BCUT2D eigenvalue weighted by Gasteiger charge is -2.39. The normalized spacial score (nSPS) is 26.2. The first-order valence-electron chi connectivity index (χ1n) is 6.31. The number of hydrogen-bond donors (Lipinski definition) is 1. The molecular weight excluding hydrogens is 186 g/mol. The Morgan fingerprint density at radius 1 is 1.20 bits per heavy atom. The maximum Gasteiger partial charge on any atom is 0.191 e. The molecule has 2 rings (SSSR count). The molecule has 3 heteroatoms. The summed E-state index contributed by atoms with van der Waals surface area (Å²) in [5, 5.41) is 0. The van der Waals surface area contributed by atoms with Crippen LogP contribution >= 0.6 is 0 Å². The Morgan fingerprint density at radius 3 is 2.33 bits per heavy atom. The second kappa shape index (κ2) is 4.42. The predicted molar refractivity (Wildman–Crippen MR) is 63.9 cm³/mol. The quantitative estimate of drug-likeness (QED) is 0.530. The highest BCUT2D eigenvalue weighted by molar-refractivity contribution is 5.78. The smallest absolute Gasteiger partial charge is 0.191 e. The highest BCUT2D eigenvalue weighted by Gasteiger charge is 2.37. The van der Waals surface area contributed by atoms with Gasteiger partial charge in [-0.3, -0.25) is 4.99 Å². The predicted octanol–water partition coefficient (Wildman–Crippen LogP) is 1.98. The van der Waals surface area contributed by atoms with Gasteiger partial charge >= 0.3 is 0 Å². The van der Waals surface area contributed by atoms with Gasteiger partial charge in [-0.1, -0.05) is 12.8 Å². The number of aliphatic imine (C=N–C) groups is 1. The lowest BCUT2D eigenvalue weighted by molar-refractivity contribution is 0.153. The SMILES string of the molecule is CCN=C(N)N1CCC2(CCCC2)CC1. The Morgan fingerprint density at radius 2 is 1.80 bits per heavy atom. The minimum absolute atomic E-state index is 0.684. The van der Waals surface area contributed by atoms with Crippen LogP contribution in [0.4, 0.5) is 0 Å². The van der Waals surface area contributed by atoms with Crippen LogP contribution < -0.4 is 5.73 Å². The minimum Gasteiger partial charge on any atom is -0.370 e. The molecule has 1 aliphatic heterocycles. The third-order valence-electron chi connectivity index (χ3n) is 4.13. The topological polar surface area (TPSA) is 41.6 Å². The molecule has 0 unspecified atom stereocenters. The molecule has 1 heterocycles. The maximum atomic E-state index is 5.92. The van der Waals surface area contributed by atoms with Crippen LogP contribution in [0.5, 0.6) is 0 Å². The van der Waals surface area contributed by atoms with Crippen molar-refractivity contribution in [1.82, 2.24) is 4.90 Å². The fourth-order valence-corrected chi connectivity index (χ4v) is 3.10. The van der Waals surface area contributed by atoms with Crippen LogP contribution in [0.2, 0.25) is 0 Å². The van der Waals surface area contributed by atoms with Gasteiger partial charge in [-0.05, 0) is 38.0 Å². The van der Waals surface area contributed by atoms with Crippen molar-refractivity contribution in [3.63, 3.8) is 0 Å². The Hall–Kier alpha value is -0.730. The average Bonchev–Trinajstić information content (AvgIpc) is 2.68. The number of likely N-dealkylation sites (tertiary alicyclic amines) is 1. The van der Waals surface area contributed by atoms with Gasteiger partial charge in [0.25, 0.3) is 0 Å². The summed E-state index contributed by atoms with van der Waals surface area (Å²) in [5.74, 6) is 0.755. The highest BCUT2D eigenvalue weighted by atomic mass is 15.3. The first-order chi connectivity index (χ1) is 7.26. The summed E-state index contributed by atoms with van der Waals surface area (Å²) in [7, 11) is 0. The van der Waals surface area contributed by atoms with Crippen molar-refractivity contribution in [1.29, 1.82) is 0 Å². The van der Waals surface area contributed by atoms with Crippen LogP contribution in [-0.4, -0.2) is 30.5 Å². The Balaban J connectivity index is 1.89. The van der Waals surface area contributed by atoms with E-state index >= 15 is 0 Å². The van der Waals surface area contributed by atoms with Crippen LogP contribution in [0.25, 0.3) is 0 Å². The van der Waals surface area contributed by atoms with Gasteiger partial charge in [0.1, 0.15) is 0 Å². The van der Waals surface area contributed by atoms with Crippen molar-refractivity contribution >= 4 is 5.96 Å². The summed E-state index contributed by atoms with van der Waals surface area (Å²) in [5.41, 5.74) is 6.61. The largest absolute Gasteiger partial charge is 0.370 e. The van der Waals surface area contributed by atoms with Crippen molar-refractivity contribution in [2.24, 2.45) is 16.1 Å². The van der Waals surface area contributed by atoms with Crippen LogP contribution in [0.1, 0.15) is 45.4 Å². The maximum absolute atomic E-state index is 5.92. The van der Waals surface area contributed by atoms with E-state index in [2.05, 4.69) is 9.89 Å². The van der Waals surface area contributed by atoms with Crippen LogP contribution in [0, 0.1) is 5.41 Å². The Kier molecular flexibility index (Phi) is 3.17. The van der Waals surface area contributed by atoms with Gasteiger partial charge in [0.2, 0.25) is 0 Å². The molecule has 2 aliphatic rings. The van der Waals surface area contributed by atoms with Crippen molar-refractivity contribution in [2.75, 3.05) is 19.6 Å². The molecule has 15 heavy (non-hydrogen) atoms. The molecule has 0 aromatic rings. The molecule has 1 spiro atoms. The first kappa shape index (κ1) is 10.8. The number of nitrogens with zero attached hydrogens (tertiary/aromatic N) is 2. The molecule has 0 aromatic heterocycles. The number of guanidine groups is 1. The van der Waals surface area contributed by atoms with E-state index < -0.39 is 0 Å². The van der Waals surface area contributed by atoms with E-state index in [0.29, 0.717) is 5.41 Å². The summed E-state index contributed by atoms with van der Waals surface area (Å²) in [6.07, 6.45) is 8.44. The summed E-state index contributed by atoms with van der Waals surface area (Å²) in [6.45, 7) is 5.08. The zero-order valence-electron chi connectivity index (χ0n) is 9.84. The Bertz CT molecular complexity index is 231. The zero-order valence-corrected chi connectivity index (χ0v) is 9.84. The summed E-state index contributed by atoms with van der Waals surface area (Å²) < 4.78 is 0. The molecule has 2 fully saturated rings. The molecule has 1 saturated heterocycles. The van der Waals surface area contributed by atoms with Gasteiger partial charge in [0, 0.05) is 19.6 Å². The molecule has 86 valence electrons. The molecule has 0 bridgehead atoms. The minimum atomic E-state index is 0.684. The van der Waals surface area contributed by atoms with Gasteiger partial charge < -0.3 is 10.6 Å². The highest BCUT2D eigenvalue weighted by Crippen LogP contribution is 2.45. The molecular formula is C12H23N3. The van der Waals surface area contributed by atoms with Crippen molar-refractivity contribution in [3.05, 3.63) is 0 Å². The fourth-order valence-electron chi connectivity index (χ4n) is 3.10. The molecule has 1 aliphatic carbocycles. The number of hydrogen-bond acceptors (Lipinski definition) is 1.